The summed E-state index contributed by atoms with van der Waals surface area (Å²) in [7, 11) is 0. The van der Waals surface area contributed by atoms with Gasteiger partial charge < -0.3 is 14.5 Å². The van der Waals surface area contributed by atoms with Crippen molar-refractivity contribution >= 4 is 50.9 Å². The average molecular weight is 553 g/mol. The van der Waals surface area contributed by atoms with Crippen molar-refractivity contribution in [2.75, 3.05) is 5.32 Å². The van der Waals surface area contributed by atoms with Crippen LogP contribution in [-0.4, -0.2) is 15.7 Å². The summed E-state index contributed by atoms with van der Waals surface area (Å²) in [5, 5.41) is 7.91. The van der Waals surface area contributed by atoms with Crippen molar-refractivity contribution < 1.29 is 18.3 Å². The smallest absolute Gasteiger partial charge is 0.292 e. The van der Waals surface area contributed by atoms with E-state index in [4.69, 9.17) is 32.4 Å². The highest BCUT2D eigenvalue weighted by Gasteiger charge is 2.17. The summed E-state index contributed by atoms with van der Waals surface area (Å²) in [6, 6.07) is 13.0. The van der Waals surface area contributed by atoms with E-state index < -0.39 is 11.7 Å². The van der Waals surface area contributed by atoms with E-state index in [2.05, 4.69) is 26.3 Å². The van der Waals surface area contributed by atoms with Crippen LogP contribution in [0.4, 0.5) is 10.2 Å². The Morgan fingerprint density at radius 3 is 2.79 bits per heavy atom. The normalized spacial score (nSPS) is 10.9. The van der Waals surface area contributed by atoms with E-state index in [1.54, 1.807) is 36.5 Å². The van der Waals surface area contributed by atoms with E-state index in [1.165, 1.54) is 16.8 Å². The number of rotatable bonds is 7. The van der Waals surface area contributed by atoms with Crippen molar-refractivity contribution in [3.63, 3.8) is 0 Å². The first-order valence-corrected chi connectivity index (χ1v) is 11.3. The van der Waals surface area contributed by atoms with Gasteiger partial charge in [-0.3, -0.25) is 9.48 Å². The summed E-state index contributed by atoms with van der Waals surface area (Å²) >= 11 is 15.4. The summed E-state index contributed by atoms with van der Waals surface area (Å²) < 4.78 is 27.3. The molecule has 0 bridgehead atoms. The maximum Gasteiger partial charge on any atom is 0.292 e. The Hall–Kier alpha value is -2.81. The Kier molecular flexibility index (Phi) is 7.07. The van der Waals surface area contributed by atoms with Crippen LogP contribution in [0, 0.1) is 12.7 Å². The largest absolute Gasteiger partial charge is 0.486 e. The predicted octanol–water partition coefficient (Wildman–Crippen LogP) is 6.87. The highest BCUT2D eigenvalue weighted by Crippen LogP contribution is 2.25. The van der Waals surface area contributed by atoms with Gasteiger partial charge in [-0.25, -0.2) is 4.39 Å². The monoisotopic (exact) mass is 551 g/mol. The quantitative estimate of drug-likeness (QED) is 0.271. The van der Waals surface area contributed by atoms with Gasteiger partial charge in [-0.05, 0) is 70.9 Å². The van der Waals surface area contributed by atoms with Crippen molar-refractivity contribution in [2.45, 2.75) is 20.1 Å². The Bertz CT molecular complexity index is 1300. The first-order valence-electron chi connectivity index (χ1n) is 9.75. The topological polar surface area (TPSA) is 69.3 Å². The molecule has 2 aromatic carbocycles. The number of halogens is 4. The minimum absolute atomic E-state index is 0.0967. The maximum atomic E-state index is 14.1. The average Bonchev–Trinajstić information content (AvgIpc) is 3.38. The molecular formula is C23H17BrCl2FN3O3. The van der Waals surface area contributed by atoms with Gasteiger partial charge in [0, 0.05) is 21.8 Å². The maximum absolute atomic E-state index is 14.1. The molecule has 1 amide bonds. The summed E-state index contributed by atoms with van der Waals surface area (Å²) in [4.78, 5) is 12.6. The number of furan rings is 1. The molecular weight excluding hydrogens is 536 g/mol. The molecule has 0 radical (unpaired) electrons. The van der Waals surface area contributed by atoms with Crippen LogP contribution in [0.2, 0.25) is 10.0 Å². The fraction of sp³-hybridized carbons (Fsp3) is 0.130. The highest BCUT2D eigenvalue weighted by molar-refractivity contribution is 9.10. The second kappa shape index (κ2) is 9.99. The number of ether oxygens (including phenoxy) is 1. The van der Waals surface area contributed by atoms with E-state index in [9.17, 15) is 9.18 Å². The van der Waals surface area contributed by atoms with Crippen LogP contribution in [0.3, 0.4) is 0 Å². The summed E-state index contributed by atoms with van der Waals surface area (Å²) in [6.45, 7) is 2.14. The molecule has 0 saturated carbocycles. The first-order chi connectivity index (χ1) is 15.8. The van der Waals surface area contributed by atoms with Crippen molar-refractivity contribution in [1.82, 2.24) is 9.78 Å². The molecule has 0 unspecified atom stereocenters. The molecule has 170 valence electrons. The van der Waals surface area contributed by atoms with Crippen molar-refractivity contribution in [3.05, 3.63) is 97.7 Å². The van der Waals surface area contributed by atoms with Crippen molar-refractivity contribution in [2.24, 2.45) is 0 Å². The van der Waals surface area contributed by atoms with Gasteiger partial charge in [0.15, 0.2) is 11.6 Å². The molecule has 4 aromatic rings. The number of hydrogen-bond acceptors (Lipinski definition) is 4. The van der Waals surface area contributed by atoms with Gasteiger partial charge in [0.25, 0.3) is 5.91 Å². The van der Waals surface area contributed by atoms with E-state index in [0.29, 0.717) is 31.6 Å². The second-order valence-electron chi connectivity index (χ2n) is 7.14. The Balaban J connectivity index is 1.39. The van der Waals surface area contributed by atoms with Crippen LogP contribution in [0.15, 0.2) is 63.6 Å². The third kappa shape index (κ3) is 5.58. The van der Waals surface area contributed by atoms with Crippen LogP contribution in [0.5, 0.6) is 5.75 Å². The van der Waals surface area contributed by atoms with E-state index in [-0.39, 0.29) is 24.7 Å². The molecule has 10 heteroatoms. The zero-order valence-electron chi connectivity index (χ0n) is 17.2. The number of hydrogen-bond donors (Lipinski definition) is 1. The number of benzene rings is 2. The van der Waals surface area contributed by atoms with Crippen LogP contribution in [-0.2, 0) is 13.2 Å². The summed E-state index contributed by atoms with van der Waals surface area (Å²) in [6.07, 6.45) is 1.62. The van der Waals surface area contributed by atoms with Crippen molar-refractivity contribution in [3.8, 4) is 5.75 Å². The second-order valence-corrected chi connectivity index (χ2v) is 8.81. The number of nitrogens with one attached hydrogen (secondary N) is 1. The molecule has 0 atom stereocenters. The lowest BCUT2D eigenvalue weighted by Crippen LogP contribution is -2.12. The number of aryl methyl sites for hydroxylation is 1. The van der Waals surface area contributed by atoms with Gasteiger partial charge in [-0.1, -0.05) is 29.3 Å². The minimum atomic E-state index is -0.488. The Morgan fingerprint density at radius 1 is 1.21 bits per heavy atom. The molecule has 0 saturated heterocycles. The third-order valence-corrected chi connectivity index (χ3v) is 6.09. The highest BCUT2D eigenvalue weighted by atomic mass is 79.9. The molecule has 4 rings (SSSR count). The molecule has 33 heavy (non-hydrogen) atoms. The zero-order chi connectivity index (χ0) is 23.5. The lowest BCUT2D eigenvalue weighted by Gasteiger charge is -2.06. The standard InChI is InChI=1S/C23H17BrCl2FN3O3/c1-13-9-14(5-7-18(13)25)32-12-15-6-8-21(33-15)23(31)28-22-17(24)11-30(29-22)10-16-19(26)3-2-4-20(16)27/h2-9,11H,10,12H2,1H3,(H,28,29,31). The summed E-state index contributed by atoms with van der Waals surface area (Å²) in [5.74, 6) is 0.560. The molecule has 6 nitrogen and oxygen atoms in total. The lowest BCUT2D eigenvalue weighted by atomic mass is 10.2. The lowest BCUT2D eigenvalue weighted by molar-refractivity contribution is 0.0992. The molecule has 0 aliphatic rings. The fourth-order valence-corrected chi connectivity index (χ4v) is 3.77. The number of amides is 1. The van der Waals surface area contributed by atoms with E-state index in [0.717, 1.165) is 5.56 Å². The predicted molar refractivity (Wildman–Crippen MR) is 128 cm³/mol. The number of nitrogens with zero attached hydrogens (tertiary/aromatic N) is 2. The molecule has 1 N–H and O–H groups in total. The SMILES string of the molecule is Cc1cc(OCc2ccc(C(=O)Nc3nn(Cc4c(F)cccc4Cl)cc3Br)o2)ccc1Cl. The van der Waals surface area contributed by atoms with Crippen molar-refractivity contribution in [1.29, 1.82) is 0 Å². The molecule has 0 aliphatic carbocycles. The molecule has 0 aliphatic heterocycles. The van der Waals surface area contributed by atoms with Crippen LogP contribution < -0.4 is 10.1 Å². The van der Waals surface area contributed by atoms with Crippen LogP contribution in [0.25, 0.3) is 0 Å². The van der Waals surface area contributed by atoms with Gasteiger partial charge in [-0.2, -0.15) is 5.10 Å². The van der Waals surface area contributed by atoms with E-state index >= 15 is 0 Å². The van der Waals surface area contributed by atoms with Gasteiger partial charge in [0.1, 0.15) is 23.9 Å². The molecule has 2 heterocycles. The molecule has 0 fully saturated rings. The summed E-state index contributed by atoms with van der Waals surface area (Å²) in [5.41, 5.74) is 1.20. The van der Waals surface area contributed by atoms with Gasteiger partial charge in [0.05, 0.1) is 11.0 Å². The van der Waals surface area contributed by atoms with Gasteiger partial charge in [0.2, 0.25) is 0 Å². The molecule has 2 aromatic heterocycles. The molecule has 0 spiro atoms. The zero-order valence-corrected chi connectivity index (χ0v) is 20.3. The number of aromatic nitrogens is 2. The van der Waals surface area contributed by atoms with Crippen LogP contribution in [0.1, 0.15) is 27.4 Å². The van der Waals surface area contributed by atoms with Crippen LogP contribution >= 0.6 is 39.1 Å². The van der Waals surface area contributed by atoms with Gasteiger partial charge >= 0.3 is 0 Å². The Labute approximate surface area is 207 Å². The Morgan fingerprint density at radius 2 is 2.03 bits per heavy atom. The van der Waals surface area contributed by atoms with Gasteiger partial charge in [-0.15, -0.1) is 0 Å². The number of carbonyl (C=O) groups excluding carboxylic acids is 1. The fourth-order valence-electron chi connectivity index (χ4n) is 3.02. The third-order valence-electron chi connectivity index (χ3n) is 4.73. The number of anilines is 1. The minimum Gasteiger partial charge on any atom is -0.486 e. The first kappa shape index (κ1) is 23.4. The number of carbonyl (C=O) groups is 1. The van der Waals surface area contributed by atoms with E-state index in [1.807, 2.05) is 13.0 Å².